The molecule has 2 aromatic rings. The van der Waals surface area contributed by atoms with Crippen LogP contribution in [-0.2, 0) is 0 Å². The topological polar surface area (TPSA) is 44.4 Å². The molecule has 1 atom stereocenters. The second-order valence-electron chi connectivity index (χ2n) is 7.09. The zero-order valence-electron chi connectivity index (χ0n) is 15.3. The Morgan fingerprint density at radius 3 is 2.31 bits per heavy atom. The van der Waals surface area contributed by atoms with Crippen LogP contribution < -0.4 is 15.5 Å². The van der Waals surface area contributed by atoms with Gasteiger partial charge in [0.1, 0.15) is 0 Å². The van der Waals surface area contributed by atoms with Gasteiger partial charge in [0.25, 0.3) is 0 Å². The van der Waals surface area contributed by atoms with E-state index in [9.17, 15) is 4.79 Å². The van der Waals surface area contributed by atoms with E-state index in [0.29, 0.717) is 10.7 Å². The number of piperidine rings is 1. The minimum atomic E-state index is -0.228. The second-order valence-corrected chi connectivity index (χ2v) is 7.52. The van der Waals surface area contributed by atoms with Crippen molar-refractivity contribution in [2.24, 2.45) is 5.92 Å². The van der Waals surface area contributed by atoms with E-state index < -0.39 is 0 Å². The monoisotopic (exact) mass is 371 g/mol. The summed E-state index contributed by atoms with van der Waals surface area (Å²) in [4.78, 5) is 14.6. The number of hydrogen-bond acceptors (Lipinski definition) is 2. The Labute approximate surface area is 160 Å². The molecule has 0 aromatic heterocycles. The Morgan fingerprint density at radius 1 is 1.08 bits per heavy atom. The lowest BCUT2D eigenvalue weighted by Crippen LogP contribution is -2.33. The van der Waals surface area contributed by atoms with Gasteiger partial charge in [0, 0.05) is 29.5 Å². The van der Waals surface area contributed by atoms with Gasteiger partial charge in [-0.25, -0.2) is 4.79 Å². The smallest absolute Gasteiger partial charge is 0.319 e. The van der Waals surface area contributed by atoms with E-state index in [-0.39, 0.29) is 12.1 Å². The molecule has 138 valence electrons. The first-order valence-electron chi connectivity index (χ1n) is 9.19. The summed E-state index contributed by atoms with van der Waals surface area (Å²) >= 11 is 5.86. The summed E-state index contributed by atoms with van der Waals surface area (Å²) in [6.45, 7) is 6.55. The molecule has 1 aliphatic rings. The highest BCUT2D eigenvalue weighted by atomic mass is 35.5. The molecule has 1 fully saturated rings. The fraction of sp³-hybridized carbons (Fsp3) is 0.381. The summed E-state index contributed by atoms with van der Waals surface area (Å²) in [5.41, 5.74) is 3.07. The highest BCUT2D eigenvalue weighted by Gasteiger charge is 2.16. The molecule has 0 saturated carbocycles. The zero-order valence-corrected chi connectivity index (χ0v) is 16.1. The van der Waals surface area contributed by atoms with Crippen molar-refractivity contribution in [1.82, 2.24) is 5.32 Å². The number of anilines is 2. The maximum atomic E-state index is 12.2. The third kappa shape index (κ3) is 4.92. The molecular weight excluding hydrogens is 346 g/mol. The minimum Gasteiger partial charge on any atom is -0.372 e. The van der Waals surface area contributed by atoms with E-state index in [1.54, 1.807) is 24.3 Å². The molecule has 0 radical (unpaired) electrons. The van der Waals surface area contributed by atoms with Crippen molar-refractivity contribution in [1.29, 1.82) is 0 Å². The summed E-state index contributed by atoms with van der Waals surface area (Å²) in [6.07, 6.45) is 2.51. The van der Waals surface area contributed by atoms with Crippen molar-refractivity contribution < 1.29 is 4.79 Å². The highest BCUT2D eigenvalue weighted by Crippen LogP contribution is 2.24. The molecule has 0 aliphatic carbocycles. The Hall–Kier alpha value is -2.20. The average molecular weight is 372 g/mol. The van der Waals surface area contributed by atoms with Crippen molar-refractivity contribution in [2.45, 2.75) is 32.7 Å². The van der Waals surface area contributed by atoms with Gasteiger partial charge in [-0.15, -0.1) is 0 Å². The first-order chi connectivity index (χ1) is 12.5. The molecule has 2 amide bonds. The van der Waals surface area contributed by atoms with Crippen molar-refractivity contribution in [3.8, 4) is 0 Å². The van der Waals surface area contributed by atoms with Gasteiger partial charge < -0.3 is 15.5 Å². The number of urea groups is 1. The van der Waals surface area contributed by atoms with E-state index in [4.69, 9.17) is 11.6 Å². The van der Waals surface area contributed by atoms with E-state index in [1.807, 2.05) is 6.92 Å². The number of amides is 2. The highest BCUT2D eigenvalue weighted by molar-refractivity contribution is 6.30. The molecule has 0 bridgehead atoms. The molecule has 2 N–H and O–H groups in total. The van der Waals surface area contributed by atoms with Crippen LogP contribution >= 0.6 is 11.6 Å². The predicted molar refractivity (Wildman–Crippen MR) is 109 cm³/mol. The largest absolute Gasteiger partial charge is 0.372 e. The number of halogens is 1. The van der Waals surface area contributed by atoms with Gasteiger partial charge >= 0.3 is 6.03 Å². The van der Waals surface area contributed by atoms with Crippen LogP contribution in [0.4, 0.5) is 16.2 Å². The van der Waals surface area contributed by atoms with Crippen LogP contribution in [0.1, 0.15) is 38.3 Å². The molecule has 0 spiro atoms. The standard InChI is InChI=1S/C21H26ClN3O/c1-15-11-13-25(14-12-15)20-9-3-17(4-10-20)16(2)23-21(26)24-19-7-5-18(22)6-8-19/h3-10,15-16H,11-14H2,1-2H3,(H2,23,24,26)/t16-/m1/s1. The van der Waals surface area contributed by atoms with E-state index >= 15 is 0 Å². The number of nitrogens with zero attached hydrogens (tertiary/aromatic N) is 1. The van der Waals surface area contributed by atoms with Crippen LogP contribution in [0.15, 0.2) is 48.5 Å². The van der Waals surface area contributed by atoms with Crippen LogP contribution in [0, 0.1) is 5.92 Å². The van der Waals surface area contributed by atoms with Crippen LogP contribution in [0.3, 0.4) is 0 Å². The van der Waals surface area contributed by atoms with Crippen LogP contribution in [0.25, 0.3) is 0 Å². The van der Waals surface area contributed by atoms with Crippen molar-refractivity contribution >= 4 is 29.0 Å². The zero-order chi connectivity index (χ0) is 18.5. The first-order valence-corrected chi connectivity index (χ1v) is 9.57. The second kappa shape index (κ2) is 8.45. The number of hydrogen-bond donors (Lipinski definition) is 2. The Bertz CT molecular complexity index is 722. The number of rotatable bonds is 4. The summed E-state index contributed by atoms with van der Waals surface area (Å²) in [5, 5.41) is 6.43. The molecule has 0 unspecified atom stereocenters. The van der Waals surface area contributed by atoms with Crippen molar-refractivity contribution in [3.63, 3.8) is 0 Å². The summed E-state index contributed by atoms with van der Waals surface area (Å²) in [5.74, 6) is 0.828. The number of nitrogens with one attached hydrogen (secondary N) is 2. The molecular formula is C21H26ClN3O. The molecule has 5 heteroatoms. The molecule has 2 aromatic carbocycles. The van der Waals surface area contributed by atoms with Crippen LogP contribution in [0.5, 0.6) is 0 Å². The fourth-order valence-electron chi connectivity index (χ4n) is 3.22. The maximum absolute atomic E-state index is 12.2. The predicted octanol–water partition coefficient (Wildman–Crippen LogP) is 5.46. The molecule has 1 saturated heterocycles. The van der Waals surface area contributed by atoms with E-state index in [1.165, 1.54) is 18.5 Å². The van der Waals surface area contributed by atoms with E-state index in [0.717, 1.165) is 24.6 Å². The normalized spacial score (nSPS) is 16.2. The van der Waals surface area contributed by atoms with Crippen molar-refractivity contribution in [3.05, 3.63) is 59.1 Å². The maximum Gasteiger partial charge on any atom is 0.319 e. The van der Waals surface area contributed by atoms with Crippen LogP contribution in [0.2, 0.25) is 5.02 Å². The minimum absolute atomic E-state index is 0.0715. The lowest BCUT2D eigenvalue weighted by molar-refractivity contribution is 0.249. The molecule has 1 heterocycles. The Kier molecular flexibility index (Phi) is 6.04. The quantitative estimate of drug-likeness (QED) is 0.749. The first kappa shape index (κ1) is 18.6. The third-order valence-corrected chi connectivity index (χ3v) is 5.24. The van der Waals surface area contributed by atoms with Gasteiger partial charge in [0.05, 0.1) is 6.04 Å². The lowest BCUT2D eigenvalue weighted by Gasteiger charge is -2.32. The van der Waals surface area contributed by atoms with Gasteiger partial charge in [-0.1, -0.05) is 30.7 Å². The molecule has 1 aliphatic heterocycles. The number of carbonyl (C=O) groups is 1. The number of benzene rings is 2. The van der Waals surface area contributed by atoms with Gasteiger partial charge in [-0.05, 0) is 67.6 Å². The molecule has 26 heavy (non-hydrogen) atoms. The Balaban J connectivity index is 1.54. The van der Waals surface area contributed by atoms with E-state index in [2.05, 4.69) is 46.7 Å². The summed E-state index contributed by atoms with van der Waals surface area (Å²) < 4.78 is 0. The fourth-order valence-corrected chi connectivity index (χ4v) is 3.35. The number of carbonyl (C=O) groups excluding carboxylic acids is 1. The van der Waals surface area contributed by atoms with Gasteiger partial charge in [-0.2, -0.15) is 0 Å². The SMILES string of the molecule is CC1CCN(c2ccc([C@@H](C)NC(=O)Nc3ccc(Cl)cc3)cc2)CC1. The summed E-state index contributed by atoms with van der Waals surface area (Å²) in [7, 11) is 0. The Morgan fingerprint density at radius 2 is 1.69 bits per heavy atom. The molecule has 3 rings (SSSR count). The van der Waals surface area contributed by atoms with Gasteiger partial charge in [0.15, 0.2) is 0 Å². The van der Waals surface area contributed by atoms with Gasteiger partial charge in [-0.3, -0.25) is 0 Å². The molecule has 4 nitrogen and oxygen atoms in total. The van der Waals surface area contributed by atoms with Crippen LogP contribution in [-0.4, -0.2) is 19.1 Å². The summed E-state index contributed by atoms with van der Waals surface area (Å²) in [6, 6.07) is 15.3. The third-order valence-electron chi connectivity index (χ3n) is 4.99. The lowest BCUT2D eigenvalue weighted by atomic mass is 9.98. The van der Waals surface area contributed by atoms with Gasteiger partial charge in [0.2, 0.25) is 0 Å². The van der Waals surface area contributed by atoms with Crippen molar-refractivity contribution in [2.75, 3.05) is 23.3 Å². The average Bonchev–Trinajstić information content (AvgIpc) is 2.64.